The Balaban J connectivity index is 0.000000256. The highest BCUT2D eigenvalue weighted by Gasteiger charge is 2.17. The van der Waals surface area contributed by atoms with Crippen molar-refractivity contribution in [2.24, 2.45) is 10.7 Å². The van der Waals surface area contributed by atoms with E-state index in [9.17, 15) is 14.4 Å². The molecule has 0 aliphatic heterocycles. The number of hydrogen-bond donors (Lipinski definition) is 5. The number of anilines is 4. The molecule has 0 aliphatic carbocycles. The number of carbonyl (C=O) groups excluding carboxylic acids is 4. The minimum absolute atomic E-state index is 0.0732. The summed E-state index contributed by atoms with van der Waals surface area (Å²) >= 11 is 12.9. The lowest BCUT2D eigenvalue weighted by Gasteiger charge is -2.12. The molecule has 0 spiro atoms. The van der Waals surface area contributed by atoms with E-state index in [1.54, 1.807) is 31.2 Å². The second kappa shape index (κ2) is 26.4. The number of amides is 2. The Morgan fingerprint density at radius 2 is 1.06 bits per heavy atom. The van der Waals surface area contributed by atoms with Gasteiger partial charge < -0.3 is 27.0 Å². The summed E-state index contributed by atoms with van der Waals surface area (Å²) in [5.74, 6) is -0.168. The third-order valence-electron chi connectivity index (χ3n) is 9.36. The smallest absolute Gasteiger partial charge is 0.315 e. The maximum atomic E-state index is 12.9. The molecule has 0 unspecified atom stereocenters. The van der Waals surface area contributed by atoms with Crippen LogP contribution in [0, 0.1) is 13.8 Å². The van der Waals surface area contributed by atoms with E-state index in [2.05, 4.69) is 26.3 Å². The van der Waals surface area contributed by atoms with Crippen LogP contribution >= 0.6 is 23.2 Å². The minimum Gasteiger partial charge on any atom is -0.355 e. The number of benzene rings is 6. The summed E-state index contributed by atoms with van der Waals surface area (Å²) in [6.45, 7) is 9.51. The molecule has 6 aromatic rings. The summed E-state index contributed by atoms with van der Waals surface area (Å²) < 4.78 is 0. The van der Waals surface area contributed by atoms with Gasteiger partial charge >= 0.3 is 6.03 Å². The number of para-hydroxylation sites is 2. The zero-order chi connectivity index (χ0) is 46.3. The molecule has 0 aliphatic rings. The molecular weight excluding hydrogens is 844 g/mol. The Morgan fingerprint density at radius 3 is 1.47 bits per heavy atom. The lowest BCUT2D eigenvalue weighted by Crippen LogP contribution is -2.35. The van der Waals surface area contributed by atoms with Crippen molar-refractivity contribution in [1.29, 1.82) is 0 Å². The topological polar surface area (TPSA) is 155 Å². The number of rotatable bonds is 15. The van der Waals surface area contributed by atoms with Gasteiger partial charge in [-0.25, -0.2) is 14.6 Å². The number of aliphatic imine (C=N–C) groups is 1. The number of urea groups is 1. The highest BCUT2D eigenvalue weighted by atomic mass is 35.5. The number of nitrogens with zero attached hydrogens (tertiary/aromatic N) is 1. The van der Waals surface area contributed by atoms with Gasteiger partial charge in [-0.3, -0.25) is 9.59 Å². The molecule has 0 saturated carbocycles. The summed E-state index contributed by atoms with van der Waals surface area (Å²) in [5, 5.41) is 13.0. The van der Waals surface area contributed by atoms with Crippen LogP contribution in [0.15, 0.2) is 151 Å². The zero-order valence-electron chi connectivity index (χ0n) is 36.3. The van der Waals surface area contributed by atoms with Gasteiger partial charge in [0.2, 0.25) is 6.08 Å². The highest BCUT2D eigenvalue weighted by Crippen LogP contribution is 2.30. The number of ketones is 2. The van der Waals surface area contributed by atoms with Crippen molar-refractivity contribution in [3.63, 3.8) is 0 Å². The monoisotopic (exact) mass is 894 g/mol. The molecule has 328 valence electrons. The van der Waals surface area contributed by atoms with E-state index in [1.807, 2.05) is 154 Å². The number of aryl methyl sites for hydroxylation is 2. The summed E-state index contributed by atoms with van der Waals surface area (Å²) in [4.78, 5) is 49.5. The first kappa shape index (κ1) is 49.6. The maximum absolute atomic E-state index is 12.9. The average Bonchev–Trinajstić information content (AvgIpc) is 3.29. The summed E-state index contributed by atoms with van der Waals surface area (Å²) in [6, 6.07) is 41.3. The van der Waals surface area contributed by atoms with Crippen molar-refractivity contribution in [3.8, 4) is 0 Å². The van der Waals surface area contributed by atoms with Gasteiger partial charge in [0, 0.05) is 71.2 Å². The SMILES string of the molecule is CCN=C=O.CCNC(=O)NC/C=C/c1ccccc1Nc1ccc(C(=O)c2ccccc2C)c(Cl)c1.Cc1ccccc1C(=O)c1ccc(Nc2ccccc2/C=C/CN)cc1Cl. The van der Waals surface area contributed by atoms with Crippen LogP contribution in [-0.4, -0.2) is 49.9 Å². The van der Waals surface area contributed by atoms with Gasteiger partial charge in [-0.2, -0.15) is 0 Å². The molecule has 2 amide bonds. The van der Waals surface area contributed by atoms with Crippen LogP contribution in [0.1, 0.15) is 67.9 Å². The van der Waals surface area contributed by atoms with Crippen LogP contribution in [-0.2, 0) is 4.79 Å². The van der Waals surface area contributed by atoms with E-state index in [0.29, 0.717) is 58.5 Å². The predicted octanol–water partition coefficient (Wildman–Crippen LogP) is 11.9. The molecule has 0 fully saturated rings. The second-order valence-corrected chi connectivity index (χ2v) is 14.8. The molecule has 0 radical (unpaired) electrons. The Labute approximate surface area is 385 Å². The van der Waals surface area contributed by atoms with Crippen molar-refractivity contribution in [1.82, 2.24) is 10.6 Å². The van der Waals surface area contributed by atoms with Crippen LogP contribution < -0.4 is 27.0 Å². The fraction of sp³-hybridized carbons (Fsp3) is 0.154. The minimum atomic E-state index is -0.196. The lowest BCUT2D eigenvalue weighted by molar-refractivity contribution is 0.103. The fourth-order valence-electron chi connectivity index (χ4n) is 6.14. The van der Waals surface area contributed by atoms with Gasteiger partial charge in [0.15, 0.2) is 11.6 Å². The van der Waals surface area contributed by atoms with E-state index in [-0.39, 0.29) is 17.6 Å². The molecule has 0 aromatic heterocycles. The molecule has 6 rings (SSSR count). The van der Waals surface area contributed by atoms with Crippen LogP contribution in [0.3, 0.4) is 0 Å². The number of carbonyl (C=O) groups is 3. The predicted molar refractivity (Wildman–Crippen MR) is 264 cm³/mol. The fourth-order valence-corrected chi connectivity index (χ4v) is 6.68. The summed E-state index contributed by atoms with van der Waals surface area (Å²) in [6.07, 6.45) is 9.08. The molecule has 10 nitrogen and oxygen atoms in total. The largest absolute Gasteiger partial charge is 0.355 e. The first-order valence-corrected chi connectivity index (χ1v) is 21.4. The highest BCUT2D eigenvalue weighted by molar-refractivity contribution is 6.36. The van der Waals surface area contributed by atoms with Crippen LogP contribution in [0.4, 0.5) is 27.5 Å². The molecule has 12 heteroatoms. The summed E-state index contributed by atoms with van der Waals surface area (Å²) in [7, 11) is 0. The third-order valence-corrected chi connectivity index (χ3v) is 9.98. The molecule has 0 saturated heterocycles. The number of isocyanates is 1. The van der Waals surface area contributed by atoms with Gasteiger partial charge in [0.05, 0.1) is 10.0 Å². The first-order chi connectivity index (χ1) is 31.0. The molecule has 6 N–H and O–H groups in total. The van der Waals surface area contributed by atoms with E-state index in [4.69, 9.17) is 33.7 Å². The van der Waals surface area contributed by atoms with Crippen molar-refractivity contribution < 1.29 is 19.2 Å². The van der Waals surface area contributed by atoms with E-state index >= 15 is 0 Å². The van der Waals surface area contributed by atoms with Crippen LogP contribution in [0.25, 0.3) is 12.2 Å². The molecule has 64 heavy (non-hydrogen) atoms. The van der Waals surface area contributed by atoms with Gasteiger partial charge in [-0.05, 0) is 98.5 Å². The second-order valence-electron chi connectivity index (χ2n) is 13.9. The zero-order valence-corrected chi connectivity index (χ0v) is 37.8. The van der Waals surface area contributed by atoms with E-state index < -0.39 is 0 Å². The van der Waals surface area contributed by atoms with Gasteiger partial charge in [0.25, 0.3) is 0 Å². The van der Waals surface area contributed by atoms with Crippen molar-refractivity contribution in [2.45, 2.75) is 27.7 Å². The number of nitrogens with one attached hydrogen (secondary N) is 4. The van der Waals surface area contributed by atoms with Gasteiger partial charge in [-0.15, -0.1) is 0 Å². The maximum Gasteiger partial charge on any atom is 0.315 e. The van der Waals surface area contributed by atoms with Gasteiger partial charge in [-0.1, -0.05) is 132 Å². The summed E-state index contributed by atoms with van der Waals surface area (Å²) in [5.41, 5.74) is 15.1. The van der Waals surface area contributed by atoms with E-state index in [0.717, 1.165) is 45.0 Å². The van der Waals surface area contributed by atoms with Crippen LogP contribution in [0.5, 0.6) is 0 Å². The molecule has 6 aromatic carbocycles. The van der Waals surface area contributed by atoms with Crippen molar-refractivity contribution >= 4 is 81.8 Å². The molecule has 0 bridgehead atoms. The normalized spacial score (nSPS) is 10.4. The first-order valence-electron chi connectivity index (χ1n) is 20.6. The third kappa shape index (κ3) is 15.1. The Morgan fingerprint density at radius 1 is 0.609 bits per heavy atom. The Hall–Kier alpha value is -7.07. The van der Waals surface area contributed by atoms with Gasteiger partial charge in [0.1, 0.15) is 0 Å². The standard InChI is InChI=1S/C26H26ClN3O2.C23H21ClN2O.C3H5NO/c1-3-28-26(32)29-16-8-11-19-10-5-7-13-24(19)30-20-14-15-22(23(27)17-20)25(31)21-12-6-4-9-18(21)2;1-16-7-2-4-10-19(16)23(27)20-13-12-18(15-21(20)24)26-22-11-5-3-8-17(22)9-6-14-25;1-2-4-3-5/h4-15,17,30H,3,16H2,1-2H3,(H2,28,29,32);2-13,15,26H,14,25H2,1H3;2H2,1H3/b11-8+;9-6+;. The Bertz CT molecular complexity index is 2640. The molecule has 0 heterocycles. The Kier molecular flexibility index (Phi) is 20.5. The van der Waals surface area contributed by atoms with Crippen LogP contribution in [0.2, 0.25) is 10.0 Å². The van der Waals surface area contributed by atoms with E-state index in [1.165, 1.54) is 6.08 Å². The number of halogens is 2. The number of hydrogen-bond acceptors (Lipinski definition) is 8. The molecule has 0 atom stereocenters. The average molecular weight is 896 g/mol. The molecular formula is C52H52Cl2N6O4. The lowest BCUT2D eigenvalue weighted by atomic mass is 9.99. The van der Waals surface area contributed by atoms with Crippen molar-refractivity contribution in [3.05, 3.63) is 200 Å². The number of nitrogens with two attached hydrogens (primary N) is 1. The van der Waals surface area contributed by atoms with Crippen molar-refractivity contribution in [2.75, 3.05) is 36.8 Å². The quantitative estimate of drug-likeness (QED) is 0.0390.